The fourth-order valence-corrected chi connectivity index (χ4v) is 3.25. The molecule has 0 radical (unpaired) electrons. The van der Waals surface area contributed by atoms with Crippen LogP contribution in [0.25, 0.3) is 0 Å². The van der Waals surface area contributed by atoms with Crippen LogP contribution < -0.4 is 5.73 Å². The summed E-state index contributed by atoms with van der Waals surface area (Å²) in [6, 6.07) is -0.381. The molecule has 14 heavy (non-hydrogen) atoms. The third-order valence-electron chi connectivity index (χ3n) is 2.56. The van der Waals surface area contributed by atoms with Gasteiger partial charge in [-0.3, -0.25) is 4.79 Å². The van der Waals surface area contributed by atoms with Crippen molar-refractivity contribution in [2.24, 2.45) is 5.73 Å². The number of rotatable bonds is 1. The molecular weight excluding hydrogens is 204 g/mol. The van der Waals surface area contributed by atoms with E-state index in [0.717, 1.165) is 5.75 Å². The Morgan fingerprint density at radius 3 is 3.21 bits per heavy atom. The number of tetrazole rings is 1. The first kappa shape index (κ1) is 8.18. The number of carbonyl (C=O) groups is 1. The standard InChI is InChI=1S/C6H8N6OS/c7-3-5(13)12-2(1-14-6(3)12)4-8-10-11-9-4/h2-3,6H,1,7H2,(H,8,9,10,11)/t2?,3?,6-/m1/s1. The molecule has 3 heterocycles. The summed E-state index contributed by atoms with van der Waals surface area (Å²) < 4.78 is 0. The van der Waals surface area contributed by atoms with E-state index < -0.39 is 0 Å². The van der Waals surface area contributed by atoms with E-state index in [1.54, 1.807) is 16.7 Å². The Kier molecular flexibility index (Phi) is 1.56. The first-order chi connectivity index (χ1) is 6.79. The van der Waals surface area contributed by atoms with Gasteiger partial charge in [0, 0.05) is 5.75 Å². The predicted octanol–water partition coefficient (Wildman–Crippen LogP) is -1.52. The van der Waals surface area contributed by atoms with Gasteiger partial charge < -0.3 is 10.6 Å². The highest BCUT2D eigenvalue weighted by Gasteiger charge is 2.54. The van der Waals surface area contributed by atoms with Crippen molar-refractivity contribution in [3.63, 3.8) is 0 Å². The lowest BCUT2D eigenvalue weighted by molar-refractivity contribution is -0.146. The summed E-state index contributed by atoms with van der Waals surface area (Å²) in [5.41, 5.74) is 5.65. The molecular formula is C6H8N6OS. The van der Waals surface area contributed by atoms with Crippen LogP contribution in [0.3, 0.4) is 0 Å². The lowest BCUT2D eigenvalue weighted by Crippen LogP contribution is -2.65. The van der Waals surface area contributed by atoms with Gasteiger partial charge in [0.25, 0.3) is 0 Å². The average molecular weight is 212 g/mol. The van der Waals surface area contributed by atoms with Crippen LogP contribution in [0.5, 0.6) is 0 Å². The van der Waals surface area contributed by atoms with E-state index in [1.165, 1.54) is 0 Å². The number of aromatic amines is 1. The monoisotopic (exact) mass is 212 g/mol. The van der Waals surface area contributed by atoms with Crippen molar-refractivity contribution >= 4 is 17.7 Å². The normalized spacial score (nSPS) is 35.6. The lowest BCUT2D eigenvalue weighted by Gasteiger charge is -2.41. The number of aromatic nitrogens is 4. The van der Waals surface area contributed by atoms with Gasteiger partial charge >= 0.3 is 0 Å². The molecule has 0 spiro atoms. The fraction of sp³-hybridized carbons (Fsp3) is 0.667. The summed E-state index contributed by atoms with van der Waals surface area (Å²) >= 11 is 1.67. The molecule has 74 valence electrons. The maximum absolute atomic E-state index is 11.5. The van der Waals surface area contributed by atoms with Crippen molar-refractivity contribution in [2.75, 3.05) is 5.75 Å². The number of H-pyrrole nitrogens is 1. The van der Waals surface area contributed by atoms with E-state index in [9.17, 15) is 4.79 Å². The number of β-lactam (4-membered cyclic amide) rings is 1. The molecule has 3 atom stereocenters. The van der Waals surface area contributed by atoms with Crippen molar-refractivity contribution in [1.29, 1.82) is 0 Å². The zero-order valence-corrected chi connectivity index (χ0v) is 7.94. The van der Waals surface area contributed by atoms with E-state index in [-0.39, 0.29) is 23.4 Å². The summed E-state index contributed by atoms with van der Waals surface area (Å²) in [5, 5.41) is 13.6. The Balaban J connectivity index is 1.88. The van der Waals surface area contributed by atoms with Crippen LogP contribution in [-0.4, -0.2) is 48.6 Å². The smallest absolute Gasteiger partial charge is 0.244 e. The van der Waals surface area contributed by atoms with Crippen molar-refractivity contribution in [3.8, 4) is 0 Å². The molecule has 0 bridgehead atoms. The molecule has 3 N–H and O–H groups in total. The number of hydrogen-bond acceptors (Lipinski definition) is 6. The van der Waals surface area contributed by atoms with Crippen LogP contribution >= 0.6 is 11.8 Å². The van der Waals surface area contributed by atoms with E-state index in [0.29, 0.717) is 5.82 Å². The summed E-state index contributed by atoms with van der Waals surface area (Å²) in [5.74, 6) is 1.43. The Hall–Kier alpha value is -1.15. The second kappa shape index (κ2) is 2.67. The van der Waals surface area contributed by atoms with Gasteiger partial charge in [-0.15, -0.1) is 16.9 Å². The Morgan fingerprint density at radius 1 is 1.64 bits per heavy atom. The predicted molar refractivity (Wildman–Crippen MR) is 48.0 cm³/mol. The molecule has 2 fully saturated rings. The molecule has 0 aliphatic carbocycles. The quantitative estimate of drug-likeness (QED) is 0.548. The van der Waals surface area contributed by atoms with Crippen LogP contribution in [0.2, 0.25) is 0 Å². The molecule has 2 aliphatic heterocycles. The highest BCUT2D eigenvalue weighted by atomic mass is 32.2. The van der Waals surface area contributed by atoms with Gasteiger partial charge in [-0.25, -0.2) is 5.10 Å². The maximum atomic E-state index is 11.5. The number of nitrogens with zero attached hydrogens (tertiary/aromatic N) is 4. The summed E-state index contributed by atoms with van der Waals surface area (Å²) in [4.78, 5) is 13.2. The Bertz CT molecular complexity index is 366. The molecule has 0 aromatic carbocycles. The number of nitrogens with one attached hydrogen (secondary N) is 1. The van der Waals surface area contributed by atoms with Crippen LogP contribution in [0.15, 0.2) is 0 Å². The molecule has 2 saturated heterocycles. The number of hydrogen-bond donors (Lipinski definition) is 2. The molecule has 3 rings (SSSR count). The van der Waals surface area contributed by atoms with E-state index in [1.807, 2.05) is 0 Å². The topological polar surface area (TPSA) is 101 Å². The minimum atomic E-state index is -0.346. The van der Waals surface area contributed by atoms with Gasteiger partial charge in [-0.05, 0) is 10.4 Å². The molecule has 8 heteroatoms. The summed E-state index contributed by atoms with van der Waals surface area (Å²) in [7, 11) is 0. The first-order valence-corrected chi connectivity index (χ1v) is 5.27. The zero-order valence-electron chi connectivity index (χ0n) is 7.12. The van der Waals surface area contributed by atoms with E-state index in [2.05, 4.69) is 20.6 Å². The van der Waals surface area contributed by atoms with Crippen LogP contribution in [0, 0.1) is 0 Å². The molecule has 1 amide bonds. The van der Waals surface area contributed by atoms with Gasteiger partial charge in [0.15, 0.2) is 5.82 Å². The highest BCUT2D eigenvalue weighted by Crippen LogP contribution is 2.44. The molecule has 2 aliphatic rings. The lowest BCUT2D eigenvalue weighted by atomic mass is 10.1. The largest absolute Gasteiger partial charge is 0.317 e. The third kappa shape index (κ3) is 0.867. The summed E-state index contributed by atoms with van der Waals surface area (Å²) in [6.45, 7) is 0. The first-order valence-electron chi connectivity index (χ1n) is 4.22. The fourth-order valence-electron chi connectivity index (χ4n) is 1.81. The Labute approximate surface area is 83.4 Å². The third-order valence-corrected chi connectivity index (χ3v) is 3.93. The number of fused-ring (bicyclic) bond motifs is 1. The maximum Gasteiger partial charge on any atom is 0.244 e. The van der Waals surface area contributed by atoms with Gasteiger partial charge in [0.2, 0.25) is 5.91 Å². The molecule has 2 unspecified atom stereocenters. The summed E-state index contributed by atoms with van der Waals surface area (Å²) in [6.07, 6.45) is 0. The SMILES string of the molecule is NC1C(=O)N2C(c3nnn[nH]3)CS[C@H]12. The van der Waals surface area contributed by atoms with Crippen molar-refractivity contribution < 1.29 is 4.79 Å². The van der Waals surface area contributed by atoms with Crippen LogP contribution in [0.4, 0.5) is 0 Å². The second-order valence-corrected chi connectivity index (χ2v) is 4.45. The van der Waals surface area contributed by atoms with Gasteiger partial charge in [0.1, 0.15) is 17.5 Å². The minimum absolute atomic E-state index is 0.0126. The van der Waals surface area contributed by atoms with E-state index in [4.69, 9.17) is 5.73 Å². The highest BCUT2D eigenvalue weighted by molar-refractivity contribution is 8.00. The van der Waals surface area contributed by atoms with Crippen LogP contribution in [-0.2, 0) is 4.79 Å². The number of nitrogens with two attached hydrogens (primary N) is 1. The number of amides is 1. The van der Waals surface area contributed by atoms with Gasteiger partial charge in [-0.2, -0.15) is 0 Å². The minimum Gasteiger partial charge on any atom is -0.317 e. The van der Waals surface area contributed by atoms with Crippen molar-refractivity contribution in [3.05, 3.63) is 5.82 Å². The molecule has 1 aromatic heterocycles. The van der Waals surface area contributed by atoms with Gasteiger partial charge in [0.05, 0.1) is 0 Å². The Morgan fingerprint density at radius 2 is 2.50 bits per heavy atom. The van der Waals surface area contributed by atoms with E-state index >= 15 is 0 Å². The zero-order chi connectivity index (χ0) is 9.71. The number of carbonyl (C=O) groups excluding carboxylic acids is 1. The molecule has 0 saturated carbocycles. The average Bonchev–Trinajstić information content (AvgIpc) is 2.83. The van der Waals surface area contributed by atoms with Crippen LogP contribution in [0.1, 0.15) is 11.9 Å². The van der Waals surface area contributed by atoms with Crippen molar-refractivity contribution in [2.45, 2.75) is 17.5 Å². The van der Waals surface area contributed by atoms with Gasteiger partial charge in [-0.1, -0.05) is 0 Å². The molecule has 7 nitrogen and oxygen atoms in total. The van der Waals surface area contributed by atoms with Crippen molar-refractivity contribution in [1.82, 2.24) is 25.5 Å². The molecule has 1 aromatic rings. The number of thioether (sulfide) groups is 1. The second-order valence-electron chi connectivity index (χ2n) is 3.30.